The number of aliphatic hydroxyl groups is 1. The SMILES string of the molecule is Cc1ccc(CN2CCN(C3CCCC3)C[C@@H]2CCO)o1. The third-order valence-electron chi connectivity index (χ3n) is 5.09. The van der Waals surface area contributed by atoms with Crippen LogP contribution in [0.4, 0.5) is 0 Å². The Morgan fingerprint density at radius 1 is 1.24 bits per heavy atom. The van der Waals surface area contributed by atoms with Crippen molar-refractivity contribution < 1.29 is 9.52 Å². The van der Waals surface area contributed by atoms with Crippen molar-refractivity contribution in [3.63, 3.8) is 0 Å². The van der Waals surface area contributed by atoms with Crippen molar-refractivity contribution in [2.24, 2.45) is 0 Å². The van der Waals surface area contributed by atoms with Gasteiger partial charge in [-0.15, -0.1) is 0 Å². The molecule has 2 heterocycles. The van der Waals surface area contributed by atoms with Gasteiger partial charge in [0, 0.05) is 38.3 Å². The van der Waals surface area contributed by atoms with Gasteiger partial charge in [0.25, 0.3) is 0 Å². The van der Waals surface area contributed by atoms with Crippen molar-refractivity contribution in [3.05, 3.63) is 23.7 Å². The fraction of sp³-hybridized carbons (Fsp3) is 0.765. The molecule has 0 amide bonds. The maximum Gasteiger partial charge on any atom is 0.118 e. The van der Waals surface area contributed by atoms with Crippen LogP contribution in [-0.2, 0) is 6.54 Å². The van der Waals surface area contributed by atoms with Crippen molar-refractivity contribution in [2.75, 3.05) is 26.2 Å². The van der Waals surface area contributed by atoms with E-state index in [0.29, 0.717) is 6.04 Å². The Hall–Kier alpha value is -0.840. The van der Waals surface area contributed by atoms with Crippen LogP contribution in [0.15, 0.2) is 16.5 Å². The average Bonchev–Trinajstić information content (AvgIpc) is 3.13. The maximum absolute atomic E-state index is 9.39. The Kier molecular flexibility index (Phi) is 4.99. The van der Waals surface area contributed by atoms with Gasteiger partial charge in [0.15, 0.2) is 0 Å². The average molecular weight is 292 g/mol. The number of hydrogen-bond donors (Lipinski definition) is 1. The van der Waals surface area contributed by atoms with Crippen LogP contribution in [0.25, 0.3) is 0 Å². The fourth-order valence-corrected chi connectivity index (χ4v) is 3.92. The molecule has 1 aromatic rings. The zero-order chi connectivity index (χ0) is 14.7. The summed E-state index contributed by atoms with van der Waals surface area (Å²) in [5.74, 6) is 2.03. The molecule has 4 nitrogen and oxygen atoms in total. The van der Waals surface area contributed by atoms with E-state index in [2.05, 4.69) is 15.9 Å². The van der Waals surface area contributed by atoms with E-state index >= 15 is 0 Å². The second-order valence-corrected chi connectivity index (χ2v) is 6.58. The van der Waals surface area contributed by atoms with E-state index in [0.717, 1.165) is 50.2 Å². The largest absolute Gasteiger partial charge is 0.465 e. The highest BCUT2D eigenvalue weighted by molar-refractivity contribution is 5.06. The number of rotatable bonds is 5. The molecule has 1 saturated heterocycles. The van der Waals surface area contributed by atoms with Crippen LogP contribution in [0, 0.1) is 6.92 Å². The molecular formula is C17H28N2O2. The first kappa shape index (κ1) is 15.1. The lowest BCUT2D eigenvalue weighted by molar-refractivity contribution is 0.0289. The molecule has 1 aromatic heterocycles. The van der Waals surface area contributed by atoms with Crippen LogP contribution in [0.3, 0.4) is 0 Å². The van der Waals surface area contributed by atoms with E-state index in [9.17, 15) is 5.11 Å². The molecular weight excluding hydrogens is 264 g/mol. The molecule has 0 unspecified atom stereocenters. The van der Waals surface area contributed by atoms with Crippen molar-refractivity contribution >= 4 is 0 Å². The summed E-state index contributed by atoms with van der Waals surface area (Å²) in [5.41, 5.74) is 0. The molecule has 0 radical (unpaired) electrons. The van der Waals surface area contributed by atoms with Crippen molar-refractivity contribution in [2.45, 2.75) is 57.7 Å². The summed E-state index contributed by atoms with van der Waals surface area (Å²) in [6, 6.07) is 5.36. The molecule has 1 aliphatic carbocycles. The van der Waals surface area contributed by atoms with Gasteiger partial charge >= 0.3 is 0 Å². The Bertz CT molecular complexity index is 440. The molecule has 1 aliphatic heterocycles. The van der Waals surface area contributed by atoms with Gasteiger partial charge < -0.3 is 9.52 Å². The molecule has 1 N–H and O–H groups in total. The highest BCUT2D eigenvalue weighted by Crippen LogP contribution is 2.27. The van der Waals surface area contributed by atoms with Crippen molar-refractivity contribution in [1.82, 2.24) is 9.80 Å². The van der Waals surface area contributed by atoms with E-state index in [1.807, 2.05) is 13.0 Å². The molecule has 4 heteroatoms. The molecule has 0 aromatic carbocycles. The smallest absolute Gasteiger partial charge is 0.118 e. The molecule has 2 fully saturated rings. The lowest BCUT2D eigenvalue weighted by atomic mass is 10.1. The van der Waals surface area contributed by atoms with Gasteiger partial charge in [0.1, 0.15) is 11.5 Å². The molecule has 1 atom stereocenters. The summed E-state index contributed by atoms with van der Waals surface area (Å²) in [6.45, 7) is 6.48. The Balaban J connectivity index is 1.61. The highest BCUT2D eigenvalue weighted by Gasteiger charge is 2.31. The van der Waals surface area contributed by atoms with Gasteiger partial charge in [-0.05, 0) is 38.3 Å². The molecule has 118 valence electrons. The minimum absolute atomic E-state index is 0.275. The molecule has 3 rings (SSSR count). The molecule has 2 aliphatic rings. The zero-order valence-electron chi connectivity index (χ0n) is 13.1. The summed E-state index contributed by atoms with van der Waals surface area (Å²) in [4.78, 5) is 5.15. The van der Waals surface area contributed by atoms with E-state index in [1.54, 1.807) is 0 Å². The number of furan rings is 1. The van der Waals surface area contributed by atoms with Gasteiger partial charge in [-0.1, -0.05) is 12.8 Å². The Morgan fingerprint density at radius 3 is 2.71 bits per heavy atom. The number of hydrogen-bond acceptors (Lipinski definition) is 4. The number of piperazine rings is 1. The molecule has 1 saturated carbocycles. The number of aliphatic hydroxyl groups excluding tert-OH is 1. The van der Waals surface area contributed by atoms with Crippen LogP contribution in [0.1, 0.15) is 43.6 Å². The summed E-state index contributed by atoms with van der Waals surface area (Å²) in [7, 11) is 0. The van der Waals surface area contributed by atoms with Crippen molar-refractivity contribution in [3.8, 4) is 0 Å². The second-order valence-electron chi connectivity index (χ2n) is 6.58. The number of aryl methyl sites for hydroxylation is 1. The molecule has 0 bridgehead atoms. The van der Waals surface area contributed by atoms with Crippen LogP contribution >= 0.6 is 0 Å². The lowest BCUT2D eigenvalue weighted by Crippen LogP contribution is -2.55. The zero-order valence-corrected chi connectivity index (χ0v) is 13.1. The van der Waals surface area contributed by atoms with Gasteiger partial charge in [-0.25, -0.2) is 0 Å². The fourth-order valence-electron chi connectivity index (χ4n) is 3.92. The Labute approximate surface area is 127 Å². The summed E-state index contributed by atoms with van der Waals surface area (Å²) in [5, 5.41) is 9.39. The molecule has 21 heavy (non-hydrogen) atoms. The summed E-state index contributed by atoms with van der Waals surface area (Å²) in [6.07, 6.45) is 6.37. The monoisotopic (exact) mass is 292 g/mol. The van der Waals surface area contributed by atoms with Crippen LogP contribution in [0.2, 0.25) is 0 Å². The third kappa shape index (κ3) is 3.68. The van der Waals surface area contributed by atoms with Gasteiger partial charge in [0.05, 0.1) is 6.54 Å². The van der Waals surface area contributed by atoms with Crippen LogP contribution in [-0.4, -0.2) is 53.2 Å². The first-order chi connectivity index (χ1) is 10.3. The summed E-state index contributed by atoms with van der Waals surface area (Å²) < 4.78 is 5.72. The van der Waals surface area contributed by atoms with E-state index in [1.165, 1.54) is 25.7 Å². The van der Waals surface area contributed by atoms with E-state index in [-0.39, 0.29) is 6.61 Å². The van der Waals surface area contributed by atoms with E-state index in [4.69, 9.17) is 4.42 Å². The standard InChI is InChI=1S/C17H28N2O2/c1-14-6-7-17(21-14)13-19-10-9-18(12-16(19)8-11-20)15-4-2-3-5-15/h6-7,15-16,20H,2-5,8-13H2,1H3/t16-/m0/s1. The predicted octanol–water partition coefficient (Wildman–Crippen LogP) is 2.40. The first-order valence-corrected chi connectivity index (χ1v) is 8.40. The normalized spacial score (nSPS) is 25.7. The number of nitrogens with zero attached hydrogens (tertiary/aromatic N) is 2. The Morgan fingerprint density at radius 2 is 2.05 bits per heavy atom. The third-order valence-corrected chi connectivity index (χ3v) is 5.09. The molecule has 0 spiro atoms. The van der Waals surface area contributed by atoms with Crippen LogP contribution in [0.5, 0.6) is 0 Å². The first-order valence-electron chi connectivity index (χ1n) is 8.40. The van der Waals surface area contributed by atoms with Gasteiger partial charge in [-0.3, -0.25) is 9.80 Å². The quantitative estimate of drug-likeness (QED) is 0.904. The predicted molar refractivity (Wildman–Crippen MR) is 83.2 cm³/mol. The van der Waals surface area contributed by atoms with E-state index < -0.39 is 0 Å². The lowest BCUT2D eigenvalue weighted by Gasteiger charge is -2.43. The van der Waals surface area contributed by atoms with Gasteiger partial charge in [0.2, 0.25) is 0 Å². The second kappa shape index (κ2) is 6.95. The van der Waals surface area contributed by atoms with Gasteiger partial charge in [-0.2, -0.15) is 0 Å². The topological polar surface area (TPSA) is 39.9 Å². The minimum Gasteiger partial charge on any atom is -0.465 e. The minimum atomic E-state index is 0.275. The highest BCUT2D eigenvalue weighted by atomic mass is 16.3. The maximum atomic E-state index is 9.39. The van der Waals surface area contributed by atoms with Crippen molar-refractivity contribution in [1.29, 1.82) is 0 Å². The van der Waals surface area contributed by atoms with Crippen LogP contribution < -0.4 is 0 Å². The summed E-state index contributed by atoms with van der Waals surface area (Å²) >= 11 is 0.